The van der Waals surface area contributed by atoms with Crippen molar-refractivity contribution in [2.75, 3.05) is 30.4 Å². The fraction of sp³-hybridized carbons (Fsp3) is 0.269. The zero-order chi connectivity index (χ0) is 22.9. The molecule has 2 N–H and O–H groups in total. The van der Waals surface area contributed by atoms with Crippen molar-refractivity contribution in [1.29, 1.82) is 5.26 Å². The number of nitriles is 1. The van der Waals surface area contributed by atoms with Crippen LogP contribution in [0.4, 0.5) is 15.8 Å². The number of H-pyrrole nitrogens is 1. The molecule has 0 spiro atoms. The highest BCUT2D eigenvalue weighted by atomic mass is 19.1. The van der Waals surface area contributed by atoms with E-state index in [0.29, 0.717) is 22.6 Å². The molecular formula is C26H25FN6. The molecule has 33 heavy (non-hydrogen) atoms. The molecule has 4 aromatic rings. The van der Waals surface area contributed by atoms with Gasteiger partial charge in [-0.2, -0.15) is 10.4 Å². The Bertz CT molecular complexity index is 1360. The maximum absolute atomic E-state index is 15.0. The summed E-state index contributed by atoms with van der Waals surface area (Å²) in [5.41, 5.74) is 5.65. The number of hydrogen-bond acceptors (Lipinski definition) is 5. The number of aryl methyl sites for hydroxylation is 1. The molecule has 0 aliphatic carbocycles. The smallest absolute Gasteiger partial charge is 0.182 e. The average molecular weight is 441 g/mol. The van der Waals surface area contributed by atoms with Crippen molar-refractivity contribution >= 4 is 22.4 Å². The Balaban J connectivity index is 1.70. The molecule has 1 aliphatic rings. The van der Waals surface area contributed by atoms with Crippen LogP contribution in [0.2, 0.25) is 0 Å². The third-order valence-corrected chi connectivity index (χ3v) is 6.38. The van der Waals surface area contributed by atoms with Gasteiger partial charge in [0.25, 0.3) is 0 Å². The number of pyridine rings is 1. The molecule has 3 heterocycles. The van der Waals surface area contributed by atoms with E-state index in [1.165, 1.54) is 31.0 Å². The number of halogens is 1. The van der Waals surface area contributed by atoms with E-state index in [1.54, 1.807) is 19.2 Å². The molecule has 2 aromatic heterocycles. The molecular weight excluding hydrogens is 415 g/mol. The van der Waals surface area contributed by atoms with E-state index in [1.807, 2.05) is 19.1 Å². The maximum atomic E-state index is 15.0. The van der Waals surface area contributed by atoms with Gasteiger partial charge in [0.1, 0.15) is 11.9 Å². The molecule has 2 aromatic carbocycles. The molecule has 1 saturated heterocycles. The summed E-state index contributed by atoms with van der Waals surface area (Å²) in [5, 5.41) is 21.2. The quantitative estimate of drug-likeness (QED) is 0.429. The van der Waals surface area contributed by atoms with Crippen molar-refractivity contribution in [2.45, 2.75) is 26.2 Å². The van der Waals surface area contributed by atoms with Gasteiger partial charge in [-0.3, -0.25) is 5.10 Å². The molecule has 0 bridgehead atoms. The summed E-state index contributed by atoms with van der Waals surface area (Å²) in [6, 6.07) is 15.4. The van der Waals surface area contributed by atoms with Crippen LogP contribution in [0.1, 0.15) is 30.5 Å². The predicted octanol–water partition coefficient (Wildman–Crippen LogP) is 5.64. The van der Waals surface area contributed by atoms with Gasteiger partial charge in [-0.05, 0) is 62.1 Å². The lowest BCUT2D eigenvalue weighted by Gasteiger charge is -2.29. The Morgan fingerprint density at radius 2 is 1.85 bits per heavy atom. The van der Waals surface area contributed by atoms with Gasteiger partial charge in [-0.25, -0.2) is 9.37 Å². The number of nitrogens with zero attached hydrogens (tertiary/aromatic N) is 4. The van der Waals surface area contributed by atoms with Crippen molar-refractivity contribution in [2.24, 2.45) is 0 Å². The molecule has 166 valence electrons. The van der Waals surface area contributed by atoms with Crippen LogP contribution < -0.4 is 10.2 Å². The molecule has 0 unspecified atom stereocenters. The van der Waals surface area contributed by atoms with Crippen molar-refractivity contribution in [3.8, 4) is 28.5 Å². The lowest BCUT2D eigenvalue weighted by molar-refractivity contribution is 0.578. The molecule has 7 heteroatoms. The van der Waals surface area contributed by atoms with Crippen LogP contribution >= 0.6 is 0 Å². The van der Waals surface area contributed by atoms with E-state index >= 15 is 4.39 Å². The van der Waals surface area contributed by atoms with E-state index < -0.39 is 5.82 Å². The molecule has 1 fully saturated rings. The summed E-state index contributed by atoms with van der Waals surface area (Å²) in [5.74, 6) is -0.441. The first-order valence-corrected chi connectivity index (χ1v) is 11.2. The number of piperidine rings is 1. The Kier molecular flexibility index (Phi) is 5.43. The van der Waals surface area contributed by atoms with Crippen LogP contribution in [-0.4, -0.2) is 35.3 Å². The van der Waals surface area contributed by atoms with Gasteiger partial charge >= 0.3 is 0 Å². The fourth-order valence-corrected chi connectivity index (χ4v) is 4.65. The number of rotatable bonds is 4. The molecule has 0 atom stereocenters. The lowest BCUT2D eigenvalue weighted by Crippen LogP contribution is -2.29. The zero-order valence-electron chi connectivity index (χ0n) is 18.7. The normalized spacial score (nSPS) is 13.8. The summed E-state index contributed by atoms with van der Waals surface area (Å²) in [4.78, 5) is 6.99. The van der Waals surface area contributed by atoms with E-state index in [4.69, 9.17) is 0 Å². The van der Waals surface area contributed by atoms with E-state index in [2.05, 4.69) is 43.6 Å². The van der Waals surface area contributed by atoms with Gasteiger partial charge in [0.05, 0.1) is 16.6 Å². The number of fused-ring (bicyclic) bond motifs is 1. The van der Waals surface area contributed by atoms with Crippen molar-refractivity contribution in [3.05, 3.63) is 59.5 Å². The van der Waals surface area contributed by atoms with Crippen molar-refractivity contribution < 1.29 is 4.39 Å². The number of aromatic nitrogens is 3. The van der Waals surface area contributed by atoms with Crippen molar-refractivity contribution in [1.82, 2.24) is 15.2 Å². The molecule has 1 aliphatic heterocycles. The molecule has 5 rings (SSSR count). The van der Waals surface area contributed by atoms with Gasteiger partial charge in [0, 0.05) is 48.3 Å². The number of nitrogens with one attached hydrogen (secondary N) is 2. The first kappa shape index (κ1) is 21.0. The van der Waals surface area contributed by atoms with Gasteiger partial charge in [0.2, 0.25) is 0 Å². The van der Waals surface area contributed by atoms with E-state index in [9.17, 15) is 5.26 Å². The number of hydrogen-bond donors (Lipinski definition) is 2. The van der Waals surface area contributed by atoms with Crippen LogP contribution in [0, 0.1) is 24.1 Å². The zero-order valence-corrected chi connectivity index (χ0v) is 18.7. The number of benzene rings is 2. The summed E-state index contributed by atoms with van der Waals surface area (Å²) >= 11 is 0. The summed E-state index contributed by atoms with van der Waals surface area (Å²) in [6.45, 7) is 4.04. The SMILES string of the molecule is CNc1ccc(-c2nc3n[nH]c(C)c3c(-c3ccc(N4CCCCC4)cc3)c2C#N)c(F)c1. The molecule has 0 amide bonds. The molecule has 6 nitrogen and oxygen atoms in total. The fourth-order valence-electron chi connectivity index (χ4n) is 4.65. The highest BCUT2D eigenvalue weighted by molar-refractivity contribution is 6.01. The Labute approximate surface area is 192 Å². The highest BCUT2D eigenvalue weighted by Crippen LogP contribution is 2.39. The molecule has 0 saturated carbocycles. The second-order valence-electron chi connectivity index (χ2n) is 8.41. The lowest BCUT2D eigenvalue weighted by atomic mass is 9.93. The topological polar surface area (TPSA) is 80.6 Å². The first-order chi connectivity index (χ1) is 16.1. The van der Waals surface area contributed by atoms with Gasteiger partial charge in [-0.1, -0.05) is 12.1 Å². The Morgan fingerprint density at radius 3 is 2.52 bits per heavy atom. The minimum absolute atomic E-state index is 0.277. The number of aromatic amines is 1. The first-order valence-electron chi connectivity index (χ1n) is 11.2. The largest absolute Gasteiger partial charge is 0.388 e. The standard InChI is InChI=1S/C26H25FN6/c1-16-23-24(17-6-9-19(10-7-17)33-12-4-3-5-13-33)21(15-28)25(30-26(23)32-31-16)20-11-8-18(29-2)14-22(20)27/h6-11,14,29H,3-5,12-13H2,1-2H3,(H,30,31,32). The van der Waals surface area contributed by atoms with Crippen LogP contribution in [0.25, 0.3) is 33.4 Å². The van der Waals surface area contributed by atoms with E-state index in [0.717, 1.165) is 35.3 Å². The minimum Gasteiger partial charge on any atom is -0.388 e. The summed E-state index contributed by atoms with van der Waals surface area (Å²) < 4.78 is 15.0. The Hall–Kier alpha value is -3.92. The minimum atomic E-state index is -0.441. The third kappa shape index (κ3) is 3.68. The highest BCUT2D eigenvalue weighted by Gasteiger charge is 2.23. The van der Waals surface area contributed by atoms with Gasteiger partial charge in [0.15, 0.2) is 5.65 Å². The third-order valence-electron chi connectivity index (χ3n) is 6.38. The van der Waals surface area contributed by atoms with Crippen LogP contribution in [-0.2, 0) is 0 Å². The number of anilines is 2. The summed E-state index contributed by atoms with van der Waals surface area (Å²) in [6.07, 6.45) is 3.70. The maximum Gasteiger partial charge on any atom is 0.182 e. The van der Waals surface area contributed by atoms with Gasteiger partial charge < -0.3 is 10.2 Å². The van der Waals surface area contributed by atoms with Crippen LogP contribution in [0.3, 0.4) is 0 Å². The van der Waals surface area contributed by atoms with Gasteiger partial charge in [-0.15, -0.1) is 0 Å². The molecule has 0 radical (unpaired) electrons. The monoisotopic (exact) mass is 440 g/mol. The summed E-state index contributed by atoms with van der Waals surface area (Å²) in [7, 11) is 1.73. The predicted molar refractivity (Wildman–Crippen MR) is 130 cm³/mol. The second kappa shape index (κ2) is 8.55. The van der Waals surface area contributed by atoms with E-state index in [-0.39, 0.29) is 5.56 Å². The van der Waals surface area contributed by atoms with Crippen LogP contribution in [0.5, 0.6) is 0 Å². The van der Waals surface area contributed by atoms with Crippen LogP contribution in [0.15, 0.2) is 42.5 Å². The average Bonchev–Trinajstić information content (AvgIpc) is 3.23. The second-order valence-corrected chi connectivity index (χ2v) is 8.41. The Morgan fingerprint density at radius 1 is 1.09 bits per heavy atom. The van der Waals surface area contributed by atoms with Crippen molar-refractivity contribution in [3.63, 3.8) is 0 Å².